The van der Waals surface area contributed by atoms with Crippen LogP contribution in [0.5, 0.6) is 0 Å². The number of nitrogens with zero attached hydrogens (tertiary/aromatic N) is 3. The summed E-state index contributed by atoms with van der Waals surface area (Å²) in [7, 11) is 1.68. The van der Waals surface area contributed by atoms with Crippen molar-refractivity contribution in [2.45, 2.75) is 33.1 Å². The second-order valence-corrected chi connectivity index (χ2v) is 9.81. The molecule has 1 amide bonds. The molecule has 0 aliphatic carbocycles. The van der Waals surface area contributed by atoms with E-state index in [-0.39, 0.29) is 11.3 Å². The maximum Gasteiger partial charge on any atom is 0.274 e. The molecule has 0 fully saturated rings. The summed E-state index contributed by atoms with van der Waals surface area (Å²) in [5, 5.41) is 3.03. The number of likely N-dealkylation sites (N-methyl/N-ethyl adjacent to an activating group) is 1. The first-order valence-corrected chi connectivity index (χ1v) is 12.5. The van der Waals surface area contributed by atoms with Gasteiger partial charge in [-0.05, 0) is 31.2 Å². The lowest BCUT2D eigenvalue weighted by Gasteiger charge is -2.24. The summed E-state index contributed by atoms with van der Waals surface area (Å²) in [6.07, 6.45) is 1.74. The molecule has 192 valence electrons. The molecule has 1 N–H and O–H groups in total. The van der Waals surface area contributed by atoms with Crippen molar-refractivity contribution in [1.82, 2.24) is 9.97 Å². The van der Waals surface area contributed by atoms with E-state index in [1.807, 2.05) is 66.7 Å². The van der Waals surface area contributed by atoms with E-state index in [1.165, 1.54) is 0 Å². The fourth-order valence-corrected chi connectivity index (χ4v) is 3.95. The highest BCUT2D eigenvalue weighted by atomic mass is 16.5. The average molecular weight is 499 g/mol. The molecule has 7 heteroatoms. The third-order valence-corrected chi connectivity index (χ3v) is 6.08. The first-order valence-electron chi connectivity index (χ1n) is 12.5. The summed E-state index contributed by atoms with van der Waals surface area (Å²) in [5.41, 5.74) is 4.05. The van der Waals surface area contributed by atoms with E-state index in [1.54, 1.807) is 13.3 Å². The second kappa shape index (κ2) is 11.4. The van der Waals surface area contributed by atoms with E-state index < -0.39 is 0 Å². The third-order valence-electron chi connectivity index (χ3n) is 6.08. The van der Waals surface area contributed by atoms with Crippen molar-refractivity contribution in [3.8, 4) is 22.7 Å². The number of rotatable bonds is 9. The molecule has 0 radical (unpaired) electrons. The van der Waals surface area contributed by atoms with Crippen molar-refractivity contribution in [3.63, 3.8) is 0 Å². The fraction of sp³-hybridized carbons (Fsp3) is 0.300. The van der Waals surface area contributed by atoms with Crippen LogP contribution < -0.4 is 10.2 Å². The van der Waals surface area contributed by atoms with Gasteiger partial charge in [-0.15, -0.1) is 0 Å². The van der Waals surface area contributed by atoms with Crippen LogP contribution in [0, 0.1) is 0 Å². The van der Waals surface area contributed by atoms with Gasteiger partial charge in [0.25, 0.3) is 5.91 Å². The molecular formula is C30H34N4O3. The van der Waals surface area contributed by atoms with Crippen LogP contribution in [0.1, 0.15) is 43.9 Å². The number of methoxy groups -OCH3 is 1. The Morgan fingerprint density at radius 1 is 1.05 bits per heavy atom. The van der Waals surface area contributed by atoms with Gasteiger partial charge >= 0.3 is 0 Å². The van der Waals surface area contributed by atoms with Crippen molar-refractivity contribution in [1.29, 1.82) is 0 Å². The molecule has 0 aliphatic rings. The number of carbonyl (C=O) groups excluding carboxylic acids is 1. The Kier molecular flexibility index (Phi) is 8.04. The molecule has 2 aromatic carbocycles. The highest BCUT2D eigenvalue weighted by Crippen LogP contribution is 2.32. The van der Waals surface area contributed by atoms with Crippen LogP contribution in [0.3, 0.4) is 0 Å². The molecule has 2 heterocycles. The van der Waals surface area contributed by atoms with Gasteiger partial charge in [-0.3, -0.25) is 4.79 Å². The molecular weight excluding hydrogens is 464 g/mol. The normalized spacial score (nSPS) is 11.4. The Morgan fingerprint density at radius 2 is 1.78 bits per heavy atom. The van der Waals surface area contributed by atoms with E-state index in [2.05, 4.69) is 42.9 Å². The van der Waals surface area contributed by atoms with E-state index in [0.29, 0.717) is 36.0 Å². The van der Waals surface area contributed by atoms with E-state index in [0.717, 1.165) is 29.2 Å². The van der Waals surface area contributed by atoms with E-state index >= 15 is 0 Å². The maximum atomic E-state index is 13.6. The molecule has 0 saturated carbocycles. The van der Waals surface area contributed by atoms with Crippen molar-refractivity contribution < 1.29 is 13.9 Å². The Hall–Kier alpha value is -3.97. The number of pyridine rings is 1. The molecule has 0 bridgehead atoms. The van der Waals surface area contributed by atoms with Crippen molar-refractivity contribution in [3.05, 3.63) is 84.4 Å². The van der Waals surface area contributed by atoms with Gasteiger partial charge in [0.15, 0.2) is 0 Å². The summed E-state index contributed by atoms with van der Waals surface area (Å²) >= 11 is 0. The van der Waals surface area contributed by atoms with E-state index in [4.69, 9.17) is 14.1 Å². The van der Waals surface area contributed by atoms with Crippen LogP contribution in [-0.4, -0.2) is 42.7 Å². The molecule has 37 heavy (non-hydrogen) atoms. The van der Waals surface area contributed by atoms with Gasteiger partial charge in [0.1, 0.15) is 11.5 Å². The molecule has 0 spiro atoms. The lowest BCUT2D eigenvalue weighted by atomic mass is 9.94. The number of para-hydroxylation sites is 1. The highest BCUT2D eigenvalue weighted by molar-refractivity contribution is 6.05. The average Bonchev–Trinajstić information content (AvgIpc) is 3.41. The number of hydrogen-bond acceptors (Lipinski definition) is 6. The molecule has 7 nitrogen and oxygen atoms in total. The minimum Gasteiger partial charge on any atom is -0.441 e. The lowest BCUT2D eigenvalue weighted by molar-refractivity contribution is 0.102. The molecule has 0 aliphatic heterocycles. The predicted molar refractivity (Wildman–Crippen MR) is 148 cm³/mol. The number of ether oxygens (including phenoxy) is 1. The van der Waals surface area contributed by atoms with Gasteiger partial charge in [-0.1, -0.05) is 63.2 Å². The number of oxazole rings is 1. The SMILES string of the molecule is CCN(CCOC)c1cc(C(=O)Nc2ccccc2-c2ncc(C(C)(C)C)o2)nc(-c2ccccc2)c1. The van der Waals surface area contributed by atoms with Crippen LogP contribution in [0.25, 0.3) is 22.7 Å². The summed E-state index contributed by atoms with van der Waals surface area (Å²) in [6.45, 7) is 10.3. The Morgan fingerprint density at radius 3 is 2.46 bits per heavy atom. The molecule has 0 unspecified atom stereocenters. The Bertz CT molecular complexity index is 1340. The minimum atomic E-state index is -0.308. The van der Waals surface area contributed by atoms with Crippen molar-refractivity contribution >= 4 is 17.3 Å². The molecule has 2 aromatic heterocycles. The van der Waals surface area contributed by atoms with Gasteiger partial charge in [-0.25, -0.2) is 9.97 Å². The van der Waals surface area contributed by atoms with Crippen LogP contribution in [0.15, 0.2) is 77.3 Å². The zero-order valence-corrected chi connectivity index (χ0v) is 22.1. The maximum absolute atomic E-state index is 13.6. The lowest BCUT2D eigenvalue weighted by Crippen LogP contribution is -2.27. The van der Waals surface area contributed by atoms with Crippen LogP contribution in [0.4, 0.5) is 11.4 Å². The summed E-state index contributed by atoms with van der Waals surface area (Å²) in [6, 6.07) is 21.2. The van der Waals surface area contributed by atoms with Crippen molar-refractivity contribution in [2.75, 3.05) is 37.0 Å². The molecule has 4 aromatic rings. The standard InChI is InChI=1S/C30H34N4O3/c1-6-34(16-17-36-5)22-18-25(21-12-8-7-9-13-21)32-26(19-22)28(35)33-24-15-11-10-14-23(24)29-31-20-27(37-29)30(2,3)4/h7-15,18-20H,6,16-17H2,1-5H3,(H,33,35). The number of aromatic nitrogens is 2. The predicted octanol–water partition coefficient (Wildman–Crippen LogP) is 6.43. The number of benzene rings is 2. The number of nitrogens with one attached hydrogen (secondary N) is 1. The van der Waals surface area contributed by atoms with Gasteiger partial charge in [0, 0.05) is 36.9 Å². The van der Waals surface area contributed by atoms with Crippen molar-refractivity contribution in [2.24, 2.45) is 0 Å². The summed E-state index contributed by atoms with van der Waals surface area (Å²) < 4.78 is 11.3. The monoisotopic (exact) mass is 498 g/mol. The highest BCUT2D eigenvalue weighted by Gasteiger charge is 2.22. The molecule has 4 rings (SSSR count). The number of carbonyl (C=O) groups is 1. The summed E-state index contributed by atoms with van der Waals surface area (Å²) in [5.74, 6) is 0.933. The van der Waals surface area contributed by atoms with Gasteiger partial charge in [0.05, 0.1) is 29.7 Å². The van der Waals surface area contributed by atoms with E-state index in [9.17, 15) is 4.79 Å². The largest absolute Gasteiger partial charge is 0.441 e. The number of amides is 1. The van der Waals surface area contributed by atoms with Crippen LogP contribution >= 0.6 is 0 Å². The first kappa shape index (κ1) is 26.1. The smallest absolute Gasteiger partial charge is 0.274 e. The van der Waals surface area contributed by atoms with Crippen LogP contribution in [0.2, 0.25) is 0 Å². The number of hydrogen-bond donors (Lipinski definition) is 1. The Labute approximate surface area is 218 Å². The number of anilines is 2. The molecule has 0 saturated heterocycles. The third kappa shape index (κ3) is 6.24. The summed E-state index contributed by atoms with van der Waals surface area (Å²) in [4.78, 5) is 24.9. The zero-order chi connectivity index (χ0) is 26.4. The molecule has 0 atom stereocenters. The Balaban J connectivity index is 1.70. The van der Waals surface area contributed by atoms with Gasteiger partial charge < -0.3 is 19.4 Å². The van der Waals surface area contributed by atoms with Crippen LogP contribution in [-0.2, 0) is 10.2 Å². The quantitative estimate of drug-likeness (QED) is 0.287. The topological polar surface area (TPSA) is 80.5 Å². The van der Waals surface area contributed by atoms with Gasteiger partial charge in [-0.2, -0.15) is 0 Å². The minimum absolute atomic E-state index is 0.171. The van der Waals surface area contributed by atoms with Gasteiger partial charge in [0.2, 0.25) is 5.89 Å². The first-order chi connectivity index (χ1) is 17.8. The second-order valence-electron chi connectivity index (χ2n) is 9.81. The zero-order valence-electron chi connectivity index (χ0n) is 22.1. The fourth-order valence-electron chi connectivity index (χ4n) is 3.95.